The Morgan fingerprint density at radius 3 is 2.43 bits per heavy atom. The van der Waals surface area contributed by atoms with Gasteiger partial charge in [-0.15, -0.1) is 12.4 Å². The molecule has 0 radical (unpaired) electrons. The summed E-state index contributed by atoms with van der Waals surface area (Å²) in [7, 11) is 0. The lowest BCUT2D eigenvalue weighted by Crippen LogP contribution is -2.36. The molecule has 1 N–H and O–H groups in total. The van der Waals surface area contributed by atoms with Crippen LogP contribution in [-0.2, 0) is 16.7 Å². The van der Waals surface area contributed by atoms with Crippen LogP contribution in [0.4, 0.5) is 0 Å². The lowest BCUT2D eigenvalue weighted by atomic mass is 9.87. The van der Waals surface area contributed by atoms with Gasteiger partial charge in [-0.05, 0) is 11.0 Å². The predicted molar refractivity (Wildman–Crippen MR) is 111 cm³/mol. The Morgan fingerprint density at radius 2 is 1.79 bits per heavy atom. The molecular formula is C20H26ClN5O2. The third-order valence-corrected chi connectivity index (χ3v) is 4.90. The van der Waals surface area contributed by atoms with E-state index in [1.807, 2.05) is 12.1 Å². The van der Waals surface area contributed by atoms with Gasteiger partial charge in [0.1, 0.15) is 0 Å². The van der Waals surface area contributed by atoms with E-state index in [1.54, 1.807) is 6.07 Å². The summed E-state index contributed by atoms with van der Waals surface area (Å²) in [5.74, 6) is 1.05. The third-order valence-electron chi connectivity index (χ3n) is 4.90. The molecule has 0 bridgehead atoms. The Balaban J connectivity index is 0.00000225. The normalized spacial score (nSPS) is 15.5. The van der Waals surface area contributed by atoms with Crippen molar-refractivity contribution in [2.24, 2.45) is 0 Å². The van der Waals surface area contributed by atoms with E-state index in [1.165, 1.54) is 10.1 Å². The van der Waals surface area contributed by atoms with E-state index < -0.39 is 0 Å². The first-order valence-corrected chi connectivity index (χ1v) is 9.30. The number of benzene rings is 1. The highest BCUT2D eigenvalue weighted by Gasteiger charge is 2.16. The summed E-state index contributed by atoms with van der Waals surface area (Å²) in [5, 5.41) is 3.07. The molecule has 8 heteroatoms. The molecule has 2 aromatic heterocycles. The Morgan fingerprint density at radius 1 is 1.11 bits per heavy atom. The molecule has 0 spiro atoms. The number of nitrogens with zero attached hydrogens (tertiary/aromatic N) is 4. The molecule has 3 heterocycles. The molecule has 0 unspecified atom stereocenters. The van der Waals surface area contributed by atoms with E-state index in [2.05, 4.69) is 52.9 Å². The molecule has 0 aliphatic carbocycles. The van der Waals surface area contributed by atoms with E-state index in [0.717, 1.165) is 37.6 Å². The number of rotatable bonds is 3. The first kappa shape index (κ1) is 20.5. The first-order valence-electron chi connectivity index (χ1n) is 9.30. The smallest absolute Gasteiger partial charge is 0.274 e. The van der Waals surface area contributed by atoms with Crippen LogP contribution in [0.2, 0.25) is 0 Å². The summed E-state index contributed by atoms with van der Waals surface area (Å²) in [4.78, 5) is 23.8. The molecule has 0 saturated carbocycles. The van der Waals surface area contributed by atoms with Gasteiger partial charge in [-0.25, -0.2) is 4.98 Å². The lowest BCUT2D eigenvalue weighted by molar-refractivity contribution is 0.0336. The number of halogens is 1. The minimum absolute atomic E-state index is 0. The average Bonchev–Trinajstić information content (AvgIpc) is 3.07. The maximum absolute atomic E-state index is 12.5. The van der Waals surface area contributed by atoms with Crippen LogP contribution in [0, 0.1) is 0 Å². The molecule has 28 heavy (non-hydrogen) atoms. The summed E-state index contributed by atoms with van der Waals surface area (Å²) >= 11 is 0. The minimum Gasteiger partial charge on any atom is -0.379 e. The molecule has 150 valence electrons. The van der Waals surface area contributed by atoms with Gasteiger partial charge in [0.25, 0.3) is 11.3 Å². The quantitative estimate of drug-likeness (QED) is 0.727. The molecule has 3 aromatic rings. The Labute approximate surface area is 170 Å². The van der Waals surface area contributed by atoms with E-state index in [9.17, 15) is 4.79 Å². The molecule has 1 fully saturated rings. The van der Waals surface area contributed by atoms with E-state index in [-0.39, 0.29) is 23.4 Å². The zero-order chi connectivity index (χ0) is 19.0. The van der Waals surface area contributed by atoms with Gasteiger partial charge in [-0.1, -0.05) is 45.0 Å². The summed E-state index contributed by atoms with van der Waals surface area (Å²) in [6.07, 6.45) is 0. The number of hydrogen-bond donors (Lipinski definition) is 1. The molecule has 0 amide bonds. The van der Waals surface area contributed by atoms with Gasteiger partial charge in [0.2, 0.25) is 0 Å². The highest BCUT2D eigenvalue weighted by molar-refractivity contribution is 5.85. The van der Waals surface area contributed by atoms with Crippen LogP contribution in [0.3, 0.4) is 0 Å². The number of fused-ring (bicyclic) bond motifs is 1. The molecule has 1 aliphatic heterocycles. The molecule has 4 rings (SSSR count). The van der Waals surface area contributed by atoms with E-state index in [4.69, 9.17) is 4.74 Å². The largest absolute Gasteiger partial charge is 0.379 e. The van der Waals surface area contributed by atoms with E-state index >= 15 is 0 Å². The van der Waals surface area contributed by atoms with Gasteiger partial charge < -0.3 is 4.74 Å². The highest BCUT2D eigenvalue weighted by atomic mass is 35.5. The molecule has 1 saturated heterocycles. The maximum atomic E-state index is 12.5. The van der Waals surface area contributed by atoms with Gasteiger partial charge >= 0.3 is 0 Å². The second-order valence-corrected chi connectivity index (χ2v) is 8.01. The fourth-order valence-electron chi connectivity index (χ4n) is 3.25. The number of morpholine rings is 1. The second kappa shape index (κ2) is 8.03. The molecule has 1 aliphatic rings. The SMILES string of the molecule is CC(C)(C)c1ccc(-c2nc3nc(CN4CCOCC4)cc(=O)n3[nH]2)cc1.Cl. The van der Waals surface area contributed by atoms with Gasteiger partial charge in [0, 0.05) is 31.3 Å². The Kier molecular flexibility index (Phi) is 5.88. The first-order chi connectivity index (χ1) is 12.9. The fraction of sp³-hybridized carbons (Fsp3) is 0.450. The lowest BCUT2D eigenvalue weighted by Gasteiger charge is -2.25. The van der Waals surface area contributed by atoms with Gasteiger partial charge in [-0.3, -0.25) is 14.8 Å². The standard InChI is InChI=1S/C20H25N5O2.ClH/c1-20(2,3)15-6-4-14(5-7-15)18-22-19-21-16(12-17(26)25(19)23-18)13-24-8-10-27-11-9-24;/h4-7,12H,8-11,13H2,1-3H3,(H,21,22,23);1H. The zero-order valence-electron chi connectivity index (χ0n) is 16.4. The molecule has 1 aromatic carbocycles. The van der Waals surface area contributed by atoms with Crippen LogP contribution < -0.4 is 5.56 Å². The Bertz CT molecular complexity index is 998. The van der Waals surface area contributed by atoms with Gasteiger partial charge in [0.15, 0.2) is 5.82 Å². The summed E-state index contributed by atoms with van der Waals surface area (Å²) < 4.78 is 6.77. The third kappa shape index (κ3) is 4.27. The van der Waals surface area contributed by atoms with Crippen LogP contribution in [0.5, 0.6) is 0 Å². The van der Waals surface area contributed by atoms with E-state index in [0.29, 0.717) is 18.1 Å². The van der Waals surface area contributed by atoms with Gasteiger partial charge in [0.05, 0.1) is 18.9 Å². The molecular weight excluding hydrogens is 378 g/mol. The fourth-order valence-corrected chi connectivity index (χ4v) is 3.25. The number of nitrogens with one attached hydrogen (secondary N) is 1. The topological polar surface area (TPSA) is 75.5 Å². The van der Waals surface area contributed by atoms with Crippen molar-refractivity contribution in [2.45, 2.75) is 32.7 Å². The number of aromatic amines is 1. The van der Waals surface area contributed by atoms with Crippen molar-refractivity contribution in [1.82, 2.24) is 24.5 Å². The van der Waals surface area contributed by atoms with Crippen molar-refractivity contribution < 1.29 is 4.74 Å². The predicted octanol–water partition coefficient (Wildman–Crippen LogP) is 2.64. The van der Waals surface area contributed by atoms with Crippen LogP contribution in [0.25, 0.3) is 17.2 Å². The maximum Gasteiger partial charge on any atom is 0.274 e. The minimum atomic E-state index is -0.145. The molecule has 0 atom stereocenters. The van der Waals surface area contributed by atoms with Crippen LogP contribution in [0.1, 0.15) is 32.0 Å². The van der Waals surface area contributed by atoms with Crippen molar-refractivity contribution >= 4 is 18.2 Å². The highest BCUT2D eigenvalue weighted by Crippen LogP contribution is 2.24. The second-order valence-electron chi connectivity index (χ2n) is 8.01. The number of aromatic nitrogens is 4. The number of ether oxygens (including phenoxy) is 1. The van der Waals surface area contributed by atoms with Crippen molar-refractivity contribution in [1.29, 1.82) is 0 Å². The zero-order valence-corrected chi connectivity index (χ0v) is 17.3. The van der Waals surface area contributed by atoms with Crippen molar-refractivity contribution in [3.63, 3.8) is 0 Å². The van der Waals surface area contributed by atoms with Crippen LogP contribution in [0.15, 0.2) is 35.1 Å². The Hall–Kier alpha value is -2.22. The summed E-state index contributed by atoms with van der Waals surface area (Å²) in [6, 6.07) is 9.83. The van der Waals surface area contributed by atoms with Crippen molar-refractivity contribution in [3.05, 3.63) is 51.9 Å². The molecule has 7 nitrogen and oxygen atoms in total. The van der Waals surface area contributed by atoms with Crippen LogP contribution >= 0.6 is 12.4 Å². The number of H-pyrrole nitrogens is 1. The number of hydrogen-bond acceptors (Lipinski definition) is 5. The summed E-state index contributed by atoms with van der Waals surface area (Å²) in [6.45, 7) is 10.3. The summed E-state index contributed by atoms with van der Waals surface area (Å²) in [5.41, 5.74) is 2.88. The van der Waals surface area contributed by atoms with Gasteiger partial charge in [-0.2, -0.15) is 9.50 Å². The van der Waals surface area contributed by atoms with Crippen LogP contribution in [-0.4, -0.2) is 50.8 Å². The van der Waals surface area contributed by atoms with Crippen molar-refractivity contribution in [3.8, 4) is 11.4 Å². The van der Waals surface area contributed by atoms with Crippen molar-refractivity contribution in [2.75, 3.05) is 26.3 Å². The monoisotopic (exact) mass is 403 g/mol. The average molecular weight is 404 g/mol.